The van der Waals surface area contributed by atoms with Gasteiger partial charge >= 0.3 is 5.97 Å². The predicted molar refractivity (Wildman–Crippen MR) is 102 cm³/mol. The number of para-hydroxylation sites is 1. The van der Waals surface area contributed by atoms with E-state index < -0.39 is 18.0 Å². The summed E-state index contributed by atoms with van der Waals surface area (Å²) in [5.74, 6) is -0.314. The number of benzene rings is 2. The molecule has 0 spiro atoms. The molecule has 1 atom stereocenters. The van der Waals surface area contributed by atoms with Crippen LogP contribution in [-0.4, -0.2) is 30.9 Å². The molecule has 1 N–H and O–H groups in total. The summed E-state index contributed by atoms with van der Waals surface area (Å²) in [4.78, 5) is 35.7. The Balaban J connectivity index is 1.87. The number of nitrogens with one attached hydrogen (secondary N) is 1. The number of esters is 1. The molecule has 2 rings (SSSR count). The van der Waals surface area contributed by atoms with Crippen LogP contribution in [0.5, 0.6) is 5.75 Å². The van der Waals surface area contributed by atoms with Crippen molar-refractivity contribution >= 4 is 23.3 Å². The fourth-order valence-electron chi connectivity index (χ4n) is 2.52. The minimum atomic E-state index is -0.948. The van der Waals surface area contributed by atoms with Crippen molar-refractivity contribution in [1.29, 1.82) is 0 Å². The molecule has 0 saturated carbocycles. The monoisotopic (exact) mass is 369 g/mol. The topological polar surface area (TPSA) is 81.7 Å². The van der Waals surface area contributed by atoms with Crippen LogP contribution in [-0.2, 0) is 20.7 Å². The van der Waals surface area contributed by atoms with Crippen molar-refractivity contribution in [3.05, 3.63) is 59.7 Å². The number of ether oxygens (including phenoxy) is 2. The average molecular weight is 369 g/mol. The van der Waals surface area contributed by atoms with Gasteiger partial charge in [-0.1, -0.05) is 30.3 Å². The largest absolute Gasteiger partial charge is 0.496 e. The Hall–Kier alpha value is -3.15. The number of methoxy groups -OCH3 is 1. The van der Waals surface area contributed by atoms with Gasteiger partial charge in [-0.3, -0.25) is 14.4 Å². The van der Waals surface area contributed by atoms with Crippen molar-refractivity contribution in [2.24, 2.45) is 0 Å². The number of carbonyl (C=O) groups excluding carboxylic acids is 3. The van der Waals surface area contributed by atoms with Crippen LogP contribution in [0.25, 0.3) is 0 Å². The number of ketones is 1. The first kappa shape index (κ1) is 20.2. The van der Waals surface area contributed by atoms with Gasteiger partial charge in [-0.05, 0) is 44.0 Å². The molecule has 0 aromatic heterocycles. The summed E-state index contributed by atoms with van der Waals surface area (Å²) in [7, 11) is 1.57. The molecule has 0 aliphatic rings. The summed E-state index contributed by atoms with van der Waals surface area (Å²) in [5, 5.41) is 2.65. The molecule has 2 aromatic rings. The highest BCUT2D eigenvalue weighted by Crippen LogP contribution is 2.19. The number of rotatable bonds is 8. The lowest BCUT2D eigenvalue weighted by Gasteiger charge is -2.14. The van der Waals surface area contributed by atoms with Gasteiger partial charge < -0.3 is 14.8 Å². The maximum absolute atomic E-state index is 12.2. The van der Waals surface area contributed by atoms with Crippen molar-refractivity contribution in [2.75, 3.05) is 12.4 Å². The highest BCUT2D eigenvalue weighted by atomic mass is 16.5. The Morgan fingerprint density at radius 2 is 1.81 bits per heavy atom. The standard InChI is InChI=1S/C21H23NO5/c1-14(23)17-8-6-9-18(13-17)22-21(25)15(2)27-20(24)12-11-16-7-4-5-10-19(16)26-3/h4-10,13,15H,11-12H2,1-3H3,(H,22,25). The molecule has 6 heteroatoms. The minimum absolute atomic E-state index is 0.0954. The number of aryl methyl sites for hydroxylation is 1. The van der Waals surface area contributed by atoms with Crippen molar-refractivity contribution < 1.29 is 23.9 Å². The van der Waals surface area contributed by atoms with Crippen molar-refractivity contribution in [3.63, 3.8) is 0 Å². The maximum atomic E-state index is 12.2. The van der Waals surface area contributed by atoms with Crippen LogP contribution >= 0.6 is 0 Å². The van der Waals surface area contributed by atoms with E-state index in [4.69, 9.17) is 9.47 Å². The zero-order valence-corrected chi connectivity index (χ0v) is 15.7. The van der Waals surface area contributed by atoms with Gasteiger partial charge in [0.25, 0.3) is 5.91 Å². The van der Waals surface area contributed by atoms with E-state index in [2.05, 4.69) is 5.32 Å². The molecule has 2 aromatic carbocycles. The Bertz CT molecular complexity index is 831. The number of Topliss-reactive ketones (excluding diaryl/α,β-unsaturated/α-hetero) is 1. The summed E-state index contributed by atoms with van der Waals surface area (Å²) >= 11 is 0. The molecule has 0 radical (unpaired) electrons. The highest BCUT2D eigenvalue weighted by molar-refractivity contribution is 5.98. The van der Waals surface area contributed by atoms with Gasteiger partial charge in [-0.25, -0.2) is 0 Å². The SMILES string of the molecule is COc1ccccc1CCC(=O)OC(C)C(=O)Nc1cccc(C(C)=O)c1. The van der Waals surface area contributed by atoms with E-state index in [0.717, 1.165) is 5.56 Å². The van der Waals surface area contributed by atoms with E-state index in [9.17, 15) is 14.4 Å². The summed E-state index contributed by atoms with van der Waals surface area (Å²) in [6.07, 6.45) is -0.355. The fraction of sp³-hybridized carbons (Fsp3) is 0.286. The summed E-state index contributed by atoms with van der Waals surface area (Å²) in [6, 6.07) is 14.0. The lowest BCUT2D eigenvalue weighted by Crippen LogP contribution is -2.30. The van der Waals surface area contributed by atoms with Crippen LogP contribution in [0.15, 0.2) is 48.5 Å². The first-order valence-corrected chi connectivity index (χ1v) is 8.64. The van der Waals surface area contributed by atoms with Crippen molar-refractivity contribution in [1.82, 2.24) is 0 Å². The van der Waals surface area contributed by atoms with E-state index in [1.807, 2.05) is 24.3 Å². The fourth-order valence-corrected chi connectivity index (χ4v) is 2.52. The Morgan fingerprint density at radius 1 is 1.07 bits per heavy atom. The first-order valence-electron chi connectivity index (χ1n) is 8.64. The van der Waals surface area contributed by atoms with E-state index in [1.165, 1.54) is 13.8 Å². The van der Waals surface area contributed by atoms with E-state index in [0.29, 0.717) is 23.4 Å². The lowest BCUT2D eigenvalue weighted by atomic mass is 10.1. The first-order chi connectivity index (χ1) is 12.9. The quantitative estimate of drug-likeness (QED) is 0.570. The van der Waals surface area contributed by atoms with Crippen LogP contribution in [0.2, 0.25) is 0 Å². The molecule has 27 heavy (non-hydrogen) atoms. The number of hydrogen-bond donors (Lipinski definition) is 1. The third kappa shape index (κ3) is 5.95. The van der Waals surface area contributed by atoms with Gasteiger partial charge in [0.1, 0.15) is 5.75 Å². The lowest BCUT2D eigenvalue weighted by molar-refractivity contribution is -0.153. The Labute approximate surface area is 158 Å². The van der Waals surface area contributed by atoms with Crippen LogP contribution in [0.3, 0.4) is 0 Å². The molecule has 0 bridgehead atoms. The summed E-state index contributed by atoms with van der Waals surface area (Å²) < 4.78 is 10.4. The molecule has 0 fully saturated rings. The average Bonchev–Trinajstić information content (AvgIpc) is 2.66. The molecule has 0 aliphatic heterocycles. The van der Waals surface area contributed by atoms with Gasteiger partial charge in [0.05, 0.1) is 7.11 Å². The molecule has 1 unspecified atom stereocenters. The van der Waals surface area contributed by atoms with Gasteiger partial charge in [0, 0.05) is 17.7 Å². The minimum Gasteiger partial charge on any atom is -0.496 e. The second-order valence-electron chi connectivity index (χ2n) is 6.07. The van der Waals surface area contributed by atoms with Crippen LogP contribution in [0, 0.1) is 0 Å². The second kappa shape index (κ2) is 9.52. The van der Waals surface area contributed by atoms with E-state index >= 15 is 0 Å². The zero-order valence-electron chi connectivity index (χ0n) is 15.7. The molecular formula is C21H23NO5. The van der Waals surface area contributed by atoms with Crippen molar-refractivity contribution in [2.45, 2.75) is 32.8 Å². The molecule has 0 heterocycles. The van der Waals surface area contributed by atoms with Crippen LogP contribution in [0.4, 0.5) is 5.69 Å². The van der Waals surface area contributed by atoms with Crippen LogP contribution in [0.1, 0.15) is 36.2 Å². The van der Waals surface area contributed by atoms with E-state index in [1.54, 1.807) is 31.4 Å². The maximum Gasteiger partial charge on any atom is 0.306 e. The smallest absolute Gasteiger partial charge is 0.306 e. The number of amides is 1. The second-order valence-corrected chi connectivity index (χ2v) is 6.07. The number of carbonyl (C=O) groups is 3. The van der Waals surface area contributed by atoms with Gasteiger partial charge in [0.2, 0.25) is 0 Å². The predicted octanol–water partition coefficient (Wildman–Crippen LogP) is 3.40. The van der Waals surface area contributed by atoms with E-state index in [-0.39, 0.29) is 12.2 Å². The molecule has 0 saturated heterocycles. The molecule has 1 amide bonds. The molecular weight excluding hydrogens is 346 g/mol. The van der Waals surface area contributed by atoms with Crippen molar-refractivity contribution in [3.8, 4) is 5.75 Å². The molecule has 142 valence electrons. The number of hydrogen-bond acceptors (Lipinski definition) is 5. The third-order valence-corrected chi connectivity index (χ3v) is 4.01. The molecule has 0 aliphatic carbocycles. The molecule has 6 nitrogen and oxygen atoms in total. The highest BCUT2D eigenvalue weighted by Gasteiger charge is 2.18. The van der Waals surface area contributed by atoms with Crippen LogP contribution < -0.4 is 10.1 Å². The normalized spacial score (nSPS) is 11.4. The zero-order chi connectivity index (χ0) is 19.8. The van der Waals surface area contributed by atoms with Gasteiger partial charge in [-0.15, -0.1) is 0 Å². The Morgan fingerprint density at radius 3 is 2.52 bits per heavy atom. The summed E-state index contributed by atoms with van der Waals surface area (Å²) in [5.41, 5.74) is 1.87. The Kier molecular flexibility index (Phi) is 7.11. The third-order valence-electron chi connectivity index (χ3n) is 4.01. The summed E-state index contributed by atoms with van der Waals surface area (Å²) in [6.45, 7) is 2.96. The van der Waals surface area contributed by atoms with Gasteiger partial charge in [-0.2, -0.15) is 0 Å². The van der Waals surface area contributed by atoms with Gasteiger partial charge in [0.15, 0.2) is 11.9 Å². The number of anilines is 1.